The minimum atomic E-state index is -0.394. The van der Waals surface area contributed by atoms with Crippen LogP contribution in [0.3, 0.4) is 0 Å². The highest BCUT2D eigenvalue weighted by atomic mass is 32.1. The van der Waals surface area contributed by atoms with Crippen molar-refractivity contribution in [3.8, 4) is 10.6 Å². The van der Waals surface area contributed by atoms with E-state index >= 15 is 0 Å². The molecule has 0 saturated heterocycles. The minimum absolute atomic E-state index is 0.0666. The molecule has 6 nitrogen and oxygen atoms in total. The molecule has 0 spiro atoms. The Morgan fingerprint density at radius 3 is 2.89 bits per heavy atom. The Morgan fingerprint density at radius 2 is 2.16 bits per heavy atom. The molecule has 0 bridgehead atoms. The average Bonchev–Trinajstić information content (AvgIpc) is 2.88. The summed E-state index contributed by atoms with van der Waals surface area (Å²) in [5, 5.41) is 23.8. The highest BCUT2D eigenvalue weighted by Crippen LogP contribution is 2.31. The van der Waals surface area contributed by atoms with Crippen molar-refractivity contribution >= 4 is 17.0 Å². The van der Waals surface area contributed by atoms with Gasteiger partial charge in [-0.05, 0) is 12.6 Å². The van der Waals surface area contributed by atoms with Crippen molar-refractivity contribution in [3.63, 3.8) is 0 Å². The second-order valence-corrected chi connectivity index (χ2v) is 4.94. The van der Waals surface area contributed by atoms with Crippen LogP contribution in [-0.4, -0.2) is 28.2 Å². The summed E-state index contributed by atoms with van der Waals surface area (Å²) in [6, 6.07) is 6.60. The molecule has 2 aromatic rings. The van der Waals surface area contributed by atoms with Crippen LogP contribution in [0.15, 0.2) is 24.3 Å². The number of nitrogens with one attached hydrogen (secondary N) is 1. The molecule has 0 aliphatic rings. The van der Waals surface area contributed by atoms with Crippen LogP contribution < -0.4 is 5.32 Å². The fraction of sp³-hybridized carbons (Fsp3) is 0.333. The second kappa shape index (κ2) is 6.35. The lowest BCUT2D eigenvalue weighted by molar-refractivity contribution is -0.384. The third-order valence-electron chi connectivity index (χ3n) is 2.56. The Bertz CT molecular complexity index is 570. The smallest absolute Gasteiger partial charge is 0.279 e. The normalized spacial score (nSPS) is 10.6. The highest BCUT2D eigenvalue weighted by Gasteiger charge is 2.17. The molecule has 0 radical (unpaired) electrons. The Morgan fingerprint density at radius 1 is 1.37 bits per heavy atom. The first-order valence-electron chi connectivity index (χ1n) is 5.99. The van der Waals surface area contributed by atoms with E-state index in [0.29, 0.717) is 10.6 Å². The van der Waals surface area contributed by atoms with E-state index in [9.17, 15) is 10.1 Å². The molecule has 2 rings (SSSR count). The first kappa shape index (κ1) is 13.6. The van der Waals surface area contributed by atoms with Gasteiger partial charge in [-0.2, -0.15) is 0 Å². The quantitative estimate of drug-likeness (QED) is 0.498. The van der Waals surface area contributed by atoms with Gasteiger partial charge in [0, 0.05) is 19.0 Å². The van der Waals surface area contributed by atoms with Crippen molar-refractivity contribution in [2.24, 2.45) is 0 Å². The van der Waals surface area contributed by atoms with Gasteiger partial charge in [-0.1, -0.05) is 30.4 Å². The van der Waals surface area contributed by atoms with Gasteiger partial charge in [0.25, 0.3) is 5.69 Å². The molecule has 0 unspecified atom stereocenters. The molecule has 1 heterocycles. The van der Waals surface area contributed by atoms with Gasteiger partial charge in [0.05, 0.1) is 10.5 Å². The van der Waals surface area contributed by atoms with Crippen molar-refractivity contribution in [2.45, 2.75) is 13.3 Å². The van der Waals surface area contributed by atoms with Crippen molar-refractivity contribution < 1.29 is 4.92 Å². The van der Waals surface area contributed by atoms with Crippen LogP contribution in [0.25, 0.3) is 10.6 Å². The lowest BCUT2D eigenvalue weighted by atomic mass is 10.2. The molecule has 19 heavy (non-hydrogen) atoms. The first-order chi connectivity index (χ1) is 9.22. The summed E-state index contributed by atoms with van der Waals surface area (Å²) >= 11 is 1.40. The number of nitrogens with zero attached hydrogens (tertiary/aromatic N) is 3. The number of hydrogen-bond acceptors (Lipinski definition) is 6. The zero-order valence-corrected chi connectivity index (χ0v) is 11.3. The third kappa shape index (κ3) is 3.33. The molecule has 1 aromatic carbocycles. The largest absolute Gasteiger partial charge is 0.317 e. The van der Waals surface area contributed by atoms with E-state index < -0.39 is 4.92 Å². The molecule has 0 saturated carbocycles. The van der Waals surface area contributed by atoms with E-state index in [4.69, 9.17) is 0 Å². The lowest BCUT2D eigenvalue weighted by Gasteiger charge is -1.97. The number of benzene rings is 1. The Hall–Kier alpha value is -1.86. The number of nitro benzene ring substituents is 1. The summed E-state index contributed by atoms with van der Waals surface area (Å²) in [6.45, 7) is 3.79. The summed E-state index contributed by atoms with van der Waals surface area (Å²) in [5.41, 5.74) is 0.594. The highest BCUT2D eigenvalue weighted by molar-refractivity contribution is 7.14. The maximum Gasteiger partial charge on any atom is 0.279 e. The predicted molar refractivity (Wildman–Crippen MR) is 74.2 cm³/mol. The maximum absolute atomic E-state index is 11.0. The van der Waals surface area contributed by atoms with Crippen LogP contribution in [0.2, 0.25) is 0 Å². The van der Waals surface area contributed by atoms with Gasteiger partial charge in [0.2, 0.25) is 0 Å². The number of nitro groups is 1. The molecule has 0 aliphatic carbocycles. The van der Waals surface area contributed by atoms with Crippen LogP contribution in [0.4, 0.5) is 5.69 Å². The van der Waals surface area contributed by atoms with E-state index in [1.807, 2.05) is 6.92 Å². The molecular formula is C12H14N4O2S. The van der Waals surface area contributed by atoms with E-state index in [0.717, 1.165) is 24.5 Å². The standard InChI is InChI=1S/C12H14N4O2S/c1-2-13-8-7-11-14-15-12(19-11)9-5-3-4-6-10(9)16(17)18/h3-6,13H,2,7-8H2,1H3. The minimum Gasteiger partial charge on any atom is -0.317 e. The second-order valence-electron chi connectivity index (χ2n) is 3.88. The summed E-state index contributed by atoms with van der Waals surface area (Å²) in [4.78, 5) is 10.6. The fourth-order valence-electron chi connectivity index (χ4n) is 1.65. The summed E-state index contributed by atoms with van der Waals surface area (Å²) in [6.07, 6.45) is 0.784. The van der Waals surface area contributed by atoms with Crippen molar-refractivity contribution in [3.05, 3.63) is 39.4 Å². The van der Waals surface area contributed by atoms with Gasteiger partial charge in [0.15, 0.2) is 5.01 Å². The van der Waals surface area contributed by atoms with Crippen LogP contribution >= 0.6 is 11.3 Å². The van der Waals surface area contributed by atoms with Crippen molar-refractivity contribution in [2.75, 3.05) is 13.1 Å². The molecule has 1 N–H and O–H groups in total. The van der Waals surface area contributed by atoms with E-state index in [2.05, 4.69) is 15.5 Å². The Labute approximate surface area is 114 Å². The maximum atomic E-state index is 11.0. The van der Waals surface area contributed by atoms with E-state index in [1.54, 1.807) is 18.2 Å². The van der Waals surface area contributed by atoms with Crippen molar-refractivity contribution in [1.82, 2.24) is 15.5 Å². The molecule has 0 atom stereocenters. The van der Waals surface area contributed by atoms with Crippen LogP contribution in [0.1, 0.15) is 11.9 Å². The van der Waals surface area contributed by atoms with E-state index in [1.165, 1.54) is 17.4 Å². The third-order valence-corrected chi connectivity index (χ3v) is 3.58. The summed E-state index contributed by atoms with van der Waals surface area (Å²) in [7, 11) is 0. The molecule has 0 amide bonds. The van der Waals surface area contributed by atoms with Gasteiger partial charge in [-0.25, -0.2) is 0 Å². The molecule has 1 aromatic heterocycles. The summed E-state index contributed by atoms with van der Waals surface area (Å²) in [5.74, 6) is 0. The Balaban J connectivity index is 2.21. The number of para-hydroxylation sites is 1. The topological polar surface area (TPSA) is 81.0 Å². The van der Waals surface area contributed by atoms with Gasteiger partial charge < -0.3 is 5.32 Å². The average molecular weight is 278 g/mol. The fourth-order valence-corrected chi connectivity index (χ4v) is 2.52. The van der Waals surface area contributed by atoms with Gasteiger partial charge in [-0.15, -0.1) is 10.2 Å². The lowest BCUT2D eigenvalue weighted by Crippen LogP contribution is -2.15. The van der Waals surface area contributed by atoms with Crippen LogP contribution in [0.5, 0.6) is 0 Å². The van der Waals surface area contributed by atoms with Crippen molar-refractivity contribution in [1.29, 1.82) is 0 Å². The molecule has 100 valence electrons. The first-order valence-corrected chi connectivity index (χ1v) is 6.81. The van der Waals surface area contributed by atoms with Crippen LogP contribution in [-0.2, 0) is 6.42 Å². The van der Waals surface area contributed by atoms with Crippen LogP contribution in [0, 0.1) is 10.1 Å². The monoisotopic (exact) mass is 278 g/mol. The number of likely N-dealkylation sites (N-methyl/N-ethyl adjacent to an activating group) is 1. The van der Waals surface area contributed by atoms with Gasteiger partial charge >= 0.3 is 0 Å². The van der Waals surface area contributed by atoms with Gasteiger partial charge in [0.1, 0.15) is 5.01 Å². The molecule has 0 fully saturated rings. The molecule has 0 aliphatic heterocycles. The number of aromatic nitrogens is 2. The number of rotatable bonds is 6. The SMILES string of the molecule is CCNCCc1nnc(-c2ccccc2[N+](=O)[O-])s1. The van der Waals surface area contributed by atoms with Gasteiger partial charge in [-0.3, -0.25) is 10.1 Å². The zero-order chi connectivity index (χ0) is 13.7. The predicted octanol–water partition coefficient (Wildman–Crippen LogP) is 2.27. The molecular weight excluding hydrogens is 264 g/mol. The Kier molecular flexibility index (Phi) is 4.53. The van der Waals surface area contributed by atoms with E-state index in [-0.39, 0.29) is 5.69 Å². The summed E-state index contributed by atoms with van der Waals surface area (Å²) < 4.78 is 0. The molecule has 7 heteroatoms. The number of hydrogen-bond donors (Lipinski definition) is 1. The zero-order valence-electron chi connectivity index (χ0n) is 10.5.